The number of ether oxygens (including phenoxy) is 1. The van der Waals surface area contributed by atoms with Gasteiger partial charge in [0.1, 0.15) is 5.75 Å². The van der Waals surface area contributed by atoms with Crippen LogP contribution in [0.5, 0.6) is 5.75 Å². The van der Waals surface area contributed by atoms with Crippen LogP contribution in [-0.4, -0.2) is 60.9 Å². The average Bonchev–Trinajstić information content (AvgIpc) is 2.86. The van der Waals surface area contributed by atoms with E-state index in [0.717, 1.165) is 45.6 Å². The Labute approximate surface area is 228 Å². The largest absolute Gasteiger partial charge is 0.497 e. The lowest BCUT2D eigenvalue weighted by Gasteiger charge is -2.44. The number of nitrogens with zero attached hydrogens (tertiary/aromatic N) is 3. The quantitative estimate of drug-likeness (QED) is 0.196. The van der Waals surface area contributed by atoms with Gasteiger partial charge in [-0.25, -0.2) is 0 Å². The zero-order valence-electron chi connectivity index (χ0n) is 22.1. The summed E-state index contributed by atoms with van der Waals surface area (Å²) in [4.78, 5) is 22.4. The number of methoxy groups -OCH3 is 1. The lowest BCUT2D eigenvalue weighted by molar-refractivity contribution is 0.0939. The Morgan fingerprint density at radius 1 is 1.25 bits per heavy atom. The fourth-order valence-corrected chi connectivity index (χ4v) is 6.07. The highest BCUT2D eigenvalue weighted by Gasteiger charge is 2.29. The summed E-state index contributed by atoms with van der Waals surface area (Å²) in [5.41, 5.74) is 11.1. The Balaban J connectivity index is 1.83. The molecule has 0 saturated carbocycles. The molecule has 2 aromatic rings. The van der Waals surface area contributed by atoms with E-state index in [1.165, 1.54) is 6.20 Å². The van der Waals surface area contributed by atoms with E-state index in [1.54, 1.807) is 20.4 Å². The lowest BCUT2D eigenvalue weighted by Crippen LogP contribution is -2.56. The Morgan fingerprint density at radius 2 is 1.94 bits per heavy atom. The number of benzene rings is 2. The van der Waals surface area contributed by atoms with Gasteiger partial charge in [0.25, 0.3) is 5.91 Å². The van der Waals surface area contributed by atoms with E-state index in [4.69, 9.17) is 10.5 Å². The summed E-state index contributed by atoms with van der Waals surface area (Å²) in [6.07, 6.45) is 3.23. The van der Waals surface area contributed by atoms with E-state index < -0.39 is 0 Å². The van der Waals surface area contributed by atoms with Gasteiger partial charge in [0.15, 0.2) is 0 Å². The van der Waals surface area contributed by atoms with Crippen LogP contribution in [0.25, 0.3) is 5.57 Å². The number of carbonyl (C=O) groups is 1. The number of aryl methyl sites for hydroxylation is 1. The maximum absolute atomic E-state index is 13.4. The van der Waals surface area contributed by atoms with Gasteiger partial charge in [-0.15, -0.1) is 0 Å². The number of nitrogens with one attached hydrogen (secondary N) is 1. The van der Waals surface area contributed by atoms with Crippen molar-refractivity contribution in [1.29, 1.82) is 0 Å². The SMILES string of the molecule is CN=C/C(=C\N)c1cc(OC)cc([C@@H](C)NC(=O)c2cc(N3C[C@@H](C)N(CI)[C@@H](C)C3)ccc2C)c1. The number of alkyl halides is 1. The topological polar surface area (TPSA) is 83.2 Å². The van der Waals surface area contributed by atoms with Crippen LogP contribution in [0.1, 0.15) is 53.9 Å². The highest BCUT2D eigenvalue weighted by atomic mass is 127. The van der Waals surface area contributed by atoms with Crippen LogP contribution in [0.3, 0.4) is 0 Å². The number of aliphatic imine (C=N–C) groups is 1. The van der Waals surface area contributed by atoms with Crippen molar-refractivity contribution in [3.8, 4) is 5.75 Å². The fourth-order valence-electron chi connectivity index (χ4n) is 4.72. The molecule has 8 heteroatoms. The molecule has 2 aromatic carbocycles. The Hall–Kier alpha value is -2.59. The first kappa shape index (κ1) is 28.0. The molecule has 0 radical (unpaired) electrons. The van der Waals surface area contributed by atoms with Crippen LogP contribution in [-0.2, 0) is 0 Å². The molecule has 1 fully saturated rings. The Morgan fingerprint density at radius 3 is 2.53 bits per heavy atom. The predicted molar refractivity (Wildman–Crippen MR) is 158 cm³/mol. The van der Waals surface area contributed by atoms with Crippen molar-refractivity contribution in [2.24, 2.45) is 10.7 Å². The molecule has 7 nitrogen and oxygen atoms in total. The number of amides is 1. The summed E-state index contributed by atoms with van der Waals surface area (Å²) in [5.74, 6) is 0.599. The van der Waals surface area contributed by atoms with Crippen molar-refractivity contribution >= 4 is 46.0 Å². The fraction of sp³-hybridized carbons (Fsp3) is 0.429. The lowest BCUT2D eigenvalue weighted by atomic mass is 9.99. The first-order valence-electron chi connectivity index (χ1n) is 12.2. The molecule has 3 rings (SSSR count). The van der Waals surface area contributed by atoms with Crippen molar-refractivity contribution < 1.29 is 9.53 Å². The number of nitrogens with two attached hydrogens (primary N) is 1. The van der Waals surface area contributed by atoms with Gasteiger partial charge < -0.3 is 20.7 Å². The van der Waals surface area contributed by atoms with Crippen molar-refractivity contribution in [3.63, 3.8) is 0 Å². The number of anilines is 1. The van der Waals surface area contributed by atoms with Crippen LogP contribution in [0.4, 0.5) is 5.69 Å². The number of rotatable bonds is 8. The third-order valence-corrected chi connectivity index (χ3v) is 7.65. The van der Waals surface area contributed by atoms with E-state index in [0.29, 0.717) is 23.4 Å². The standard InChI is InChI=1S/C28H38IN5O2/c1-18-7-8-25(33-15-19(2)34(17-29)20(3)16-33)12-27(18)28(35)32-21(4)22-9-23(11-26(10-22)36-6)24(13-30)14-31-5/h7-14,19-21H,15-17,30H2,1-6H3,(H,32,35)/b24-13+,31-14?/t19-,20+,21-/m1/s1. The predicted octanol–water partition coefficient (Wildman–Crippen LogP) is 4.79. The van der Waals surface area contributed by atoms with E-state index in [2.05, 4.69) is 62.6 Å². The summed E-state index contributed by atoms with van der Waals surface area (Å²) >= 11 is 2.44. The van der Waals surface area contributed by atoms with Gasteiger partial charge in [0, 0.05) is 61.5 Å². The molecule has 1 saturated heterocycles. The zero-order valence-corrected chi connectivity index (χ0v) is 24.2. The number of allylic oxidation sites excluding steroid dienone is 1. The maximum atomic E-state index is 13.4. The number of hydrogen-bond acceptors (Lipinski definition) is 6. The smallest absolute Gasteiger partial charge is 0.252 e. The summed E-state index contributed by atoms with van der Waals surface area (Å²) in [5, 5.41) is 3.18. The first-order valence-corrected chi connectivity index (χ1v) is 13.8. The molecule has 194 valence electrons. The van der Waals surface area contributed by atoms with Crippen LogP contribution in [0.2, 0.25) is 0 Å². The van der Waals surface area contributed by atoms with Gasteiger partial charge in [-0.2, -0.15) is 0 Å². The molecule has 0 unspecified atom stereocenters. The molecule has 0 aliphatic carbocycles. The molecule has 1 aliphatic rings. The summed E-state index contributed by atoms with van der Waals surface area (Å²) in [6.45, 7) is 10.4. The van der Waals surface area contributed by atoms with Crippen LogP contribution < -0.4 is 20.7 Å². The minimum Gasteiger partial charge on any atom is -0.497 e. The highest BCUT2D eigenvalue weighted by molar-refractivity contribution is 14.1. The molecule has 0 aromatic heterocycles. The molecule has 0 bridgehead atoms. The third kappa shape index (κ3) is 6.39. The number of halogens is 1. The molecule has 3 atom stereocenters. The van der Waals surface area contributed by atoms with E-state index in [9.17, 15) is 4.79 Å². The maximum Gasteiger partial charge on any atom is 0.252 e. The van der Waals surface area contributed by atoms with Crippen molar-refractivity contribution in [3.05, 3.63) is 64.9 Å². The van der Waals surface area contributed by atoms with E-state index in [-0.39, 0.29) is 11.9 Å². The second kappa shape index (κ2) is 12.6. The van der Waals surface area contributed by atoms with Gasteiger partial charge >= 0.3 is 0 Å². The van der Waals surface area contributed by atoms with Gasteiger partial charge in [0.05, 0.1) is 17.7 Å². The number of piperazine rings is 1. The van der Waals surface area contributed by atoms with Crippen LogP contribution >= 0.6 is 22.6 Å². The minimum absolute atomic E-state index is 0.0945. The molecular formula is C28H38IN5O2. The van der Waals surface area contributed by atoms with Gasteiger partial charge in [0.2, 0.25) is 0 Å². The van der Waals surface area contributed by atoms with Gasteiger partial charge in [-0.1, -0.05) is 28.7 Å². The normalized spacial score (nSPS) is 20.0. The second-order valence-corrected chi connectivity index (χ2v) is 10.1. The van der Waals surface area contributed by atoms with Crippen LogP contribution in [0, 0.1) is 6.92 Å². The van der Waals surface area contributed by atoms with Crippen molar-refractivity contribution in [2.45, 2.75) is 45.8 Å². The monoisotopic (exact) mass is 603 g/mol. The number of hydrogen-bond donors (Lipinski definition) is 2. The number of carbonyl (C=O) groups excluding carboxylic acids is 1. The molecule has 1 amide bonds. The summed E-state index contributed by atoms with van der Waals surface area (Å²) in [6, 6.07) is 12.7. The Bertz CT molecular complexity index is 1120. The first-order chi connectivity index (χ1) is 17.2. The van der Waals surface area contributed by atoms with E-state index >= 15 is 0 Å². The molecule has 3 N–H and O–H groups in total. The van der Waals surface area contributed by atoms with Gasteiger partial charge in [-0.3, -0.25) is 14.7 Å². The van der Waals surface area contributed by atoms with Gasteiger partial charge in [-0.05, 0) is 74.7 Å². The molecule has 36 heavy (non-hydrogen) atoms. The average molecular weight is 604 g/mol. The second-order valence-electron chi connectivity index (χ2n) is 9.44. The van der Waals surface area contributed by atoms with E-state index in [1.807, 2.05) is 44.2 Å². The zero-order chi connectivity index (χ0) is 26.4. The summed E-state index contributed by atoms with van der Waals surface area (Å²) < 4.78 is 6.53. The van der Waals surface area contributed by atoms with Crippen molar-refractivity contribution in [1.82, 2.24) is 10.2 Å². The Kier molecular flexibility index (Phi) is 9.78. The molecule has 0 spiro atoms. The van der Waals surface area contributed by atoms with Crippen LogP contribution in [0.15, 0.2) is 47.6 Å². The third-order valence-electron chi connectivity index (χ3n) is 6.86. The minimum atomic E-state index is -0.237. The summed E-state index contributed by atoms with van der Waals surface area (Å²) in [7, 11) is 3.33. The molecule has 1 aliphatic heterocycles. The highest BCUT2D eigenvalue weighted by Crippen LogP contribution is 2.28. The molecular weight excluding hydrogens is 565 g/mol. The molecule has 1 heterocycles. The van der Waals surface area contributed by atoms with Crippen molar-refractivity contribution in [2.75, 3.05) is 36.7 Å².